The van der Waals surface area contributed by atoms with Gasteiger partial charge in [0.05, 0.1) is 21.1 Å². The summed E-state index contributed by atoms with van der Waals surface area (Å²) >= 11 is 24.4. The minimum absolute atomic E-state index is 0.204. The van der Waals surface area contributed by atoms with Gasteiger partial charge in [0, 0.05) is 23.3 Å². The summed E-state index contributed by atoms with van der Waals surface area (Å²) in [5.41, 5.74) is 6.04. The van der Waals surface area contributed by atoms with Crippen molar-refractivity contribution in [2.24, 2.45) is 0 Å². The van der Waals surface area contributed by atoms with E-state index in [1.807, 2.05) is 18.2 Å². The highest BCUT2D eigenvalue weighted by molar-refractivity contribution is 6.41. The van der Waals surface area contributed by atoms with E-state index in [4.69, 9.17) is 51.1 Å². The Morgan fingerprint density at radius 1 is 0.962 bits per heavy atom. The molecule has 0 atom stereocenters. The fourth-order valence-corrected chi connectivity index (χ4v) is 4.16. The lowest BCUT2D eigenvalue weighted by Gasteiger charge is -2.36. The molecule has 0 bridgehead atoms. The minimum atomic E-state index is -0.748. The van der Waals surface area contributed by atoms with Crippen LogP contribution in [0.5, 0.6) is 0 Å². The van der Waals surface area contributed by atoms with Gasteiger partial charge in [0.25, 0.3) is 0 Å². The van der Waals surface area contributed by atoms with Crippen LogP contribution in [0.1, 0.15) is 18.4 Å². The highest BCUT2D eigenvalue weighted by atomic mass is 35.5. The van der Waals surface area contributed by atoms with Gasteiger partial charge in [-0.2, -0.15) is 0 Å². The number of rotatable bonds is 4. The Labute approximate surface area is 171 Å². The van der Waals surface area contributed by atoms with E-state index in [0.717, 1.165) is 5.56 Å². The molecule has 138 valence electrons. The fourth-order valence-electron chi connectivity index (χ4n) is 3.05. The molecule has 0 radical (unpaired) electrons. The van der Waals surface area contributed by atoms with E-state index in [9.17, 15) is 4.79 Å². The summed E-state index contributed by atoms with van der Waals surface area (Å²) in [7, 11) is 0. The molecule has 1 fully saturated rings. The quantitative estimate of drug-likeness (QED) is 0.626. The van der Waals surface area contributed by atoms with Gasteiger partial charge in [-0.3, -0.25) is 15.6 Å². The molecule has 26 heavy (non-hydrogen) atoms. The van der Waals surface area contributed by atoms with Crippen molar-refractivity contribution in [3.8, 4) is 0 Å². The minimum Gasteiger partial charge on any atom is -0.381 e. The molecule has 2 N–H and O–H groups in total. The van der Waals surface area contributed by atoms with Crippen molar-refractivity contribution < 1.29 is 9.53 Å². The van der Waals surface area contributed by atoms with Gasteiger partial charge in [0.1, 0.15) is 0 Å². The third kappa shape index (κ3) is 4.05. The van der Waals surface area contributed by atoms with E-state index >= 15 is 0 Å². The lowest BCUT2D eigenvalue weighted by atomic mass is 9.73. The highest BCUT2D eigenvalue weighted by Gasteiger charge is 2.42. The zero-order chi connectivity index (χ0) is 18.7. The summed E-state index contributed by atoms with van der Waals surface area (Å²) in [6.45, 7) is 0.977. The zero-order valence-electron chi connectivity index (χ0n) is 13.6. The van der Waals surface area contributed by atoms with Gasteiger partial charge >= 0.3 is 0 Å². The molecular formula is C18H16Cl4N2O2. The van der Waals surface area contributed by atoms with Crippen LogP contribution in [0.25, 0.3) is 0 Å². The van der Waals surface area contributed by atoms with Crippen molar-refractivity contribution in [3.63, 3.8) is 0 Å². The molecule has 1 saturated heterocycles. The van der Waals surface area contributed by atoms with Crippen LogP contribution in [0, 0.1) is 0 Å². The number of hydrogen-bond donors (Lipinski definition) is 2. The van der Waals surface area contributed by atoms with Crippen molar-refractivity contribution in [1.82, 2.24) is 5.43 Å². The molecule has 2 aromatic carbocycles. The number of nitrogens with one attached hydrogen (secondary N) is 2. The number of halogens is 4. The van der Waals surface area contributed by atoms with Crippen molar-refractivity contribution in [2.75, 3.05) is 18.6 Å². The van der Waals surface area contributed by atoms with Crippen LogP contribution in [0.4, 0.5) is 5.69 Å². The van der Waals surface area contributed by atoms with Gasteiger partial charge in [0.2, 0.25) is 5.91 Å². The topological polar surface area (TPSA) is 50.4 Å². The molecule has 3 rings (SSSR count). The van der Waals surface area contributed by atoms with E-state index in [2.05, 4.69) is 10.9 Å². The van der Waals surface area contributed by atoms with Gasteiger partial charge in [-0.15, -0.1) is 0 Å². The molecule has 4 nitrogen and oxygen atoms in total. The number of carbonyl (C=O) groups is 1. The Hall–Kier alpha value is -1.17. The molecule has 0 aromatic heterocycles. The summed E-state index contributed by atoms with van der Waals surface area (Å²) in [6, 6.07) is 10.4. The van der Waals surface area contributed by atoms with E-state index in [1.165, 1.54) is 0 Å². The molecule has 1 amide bonds. The predicted molar refractivity (Wildman–Crippen MR) is 106 cm³/mol. The smallest absolute Gasteiger partial charge is 0.249 e. The molecule has 1 aliphatic rings. The largest absolute Gasteiger partial charge is 0.381 e. The van der Waals surface area contributed by atoms with Gasteiger partial charge in [0.15, 0.2) is 0 Å². The first kappa shape index (κ1) is 19.6. The van der Waals surface area contributed by atoms with Crippen LogP contribution in [0.3, 0.4) is 0 Å². The standard InChI is InChI=1S/C18H16Cl4N2O2/c19-12-3-1-2-11(8-12)18(4-6-26-7-5-18)17(25)24-23-16-14(21)9-13(20)10-15(16)22/h1-3,8-10,23H,4-7H2,(H,24,25). The summed E-state index contributed by atoms with van der Waals surface area (Å²) in [5.74, 6) is -0.204. The molecule has 0 unspecified atom stereocenters. The Bertz CT molecular complexity index is 800. The number of amides is 1. The van der Waals surface area contributed by atoms with Crippen LogP contribution in [0.2, 0.25) is 20.1 Å². The van der Waals surface area contributed by atoms with Crippen molar-refractivity contribution in [1.29, 1.82) is 0 Å². The van der Waals surface area contributed by atoms with Crippen LogP contribution >= 0.6 is 46.4 Å². The first-order valence-corrected chi connectivity index (χ1v) is 9.48. The normalized spacial score (nSPS) is 16.2. The number of anilines is 1. The second kappa shape index (κ2) is 8.24. The van der Waals surface area contributed by atoms with E-state index in [1.54, 1.807) is 18.2 Å². The van der Waals surface area contributed by atoms with Crippen molar-refractivity contribution >= 4 is 58.0 Å². The molecule has 2 aromatic rings. The molecule has 0 aliphatic carbocycles. The first-order valence-electron chi connectivity index (χ1n) is 7.97. The van der Waals surface area contributed by atoms with E-state index < -0.39 is 5.41 Å². The number of ether oxygens (including phenoxy) is 1. The third-order valence-electron chi connectivity index (χ3n) is 4.47. The first-order chi connectivity index (χ1) is 12.4. The van der Waals surface area contributed by atoms with E-state index in [-0.39, 0.29) is 5.91 Å². The van der Waals surface area contributed by atoms with Crippen molar-refractivity contribution in [3.05, 3.63) is 62.1 Å². The van der Waals surface area contributed by atoms with Crippen LogP contribution < -0.4 is 10.9 Å². The molecule has 1 aliphatic heterocycles. The van der Waals surface area contributed by atoms with Gasteiger partial charge in [-0.25, -0.2) is 0 Å². The van der Waals surface area contributed by atoms with Gasteiger partial charge < -0.3 is 4.74 Å². The number of benzene rings is 2. The maximum atomic E-state index is 13.1. The summed E-state index contributed by atoms with van der Waals surface area (Å²) < 4.78 is 5.45. The Morgan fingerprint density at radius 3 is 2.23 bits per heavy atom. The average molecular weight is 434 g/mol. The van der Waals surface area contributed by atoms with Crippen molar-refractivity contribution in [2.45, 2.75) is 18.3 Å². The number of carbonyl (C=O) groups excluding carboxylic acids is 1. The van der Waals surface area contributed by atoms with Crippen LogP contribution in [-0.4, -0.2) is 19.1 Å². The monoisotopic (exact) mass is 432 g/mol. The maximum Gasteiger partial charge on any atom is 0.249 e. The fraction of sp³-hybridized carbons (Fsp3) is 0.278. The lowest BCUT2D eigenvalue weighted by Crippen LogP contribution is -2.49. The van der Waals surface area contributed by atoms with Gasteiger partial charge in [-0.05, 0) is 42.7 Å². The second-order valence-electron chi connectivity index (χ2n) is 6.03. The predicted octanol–water partition coefficient (Wildman–Crippen LogP) is 5.49. The highest BCUT2D eigenvalue weighted by Crippen LogP contribution is 2.37. The summed E-state index contributed by atoms with van der Waals surface area (Å²) in [4.78, 5) is 13.1. The summed E-state index contributed by atoms with van der Waals surface area (Å²) in [5, 5.41) is 1.62. The lowest BCUT2D eigenvalue weighted by molar-refractivity contribution is -0.129. The Kier molecular flexibility index (Phi) is 6.21. The second-order valence-corrected chi connectivity index (χ2v) is 7.72. The zero-order valence-corrected chi connectivity index (χ0v) is 16.6. The van der Waals surface area contributed by atoms with Gasteiger partial charge in [-0.1, -0.05) is 58.5 Å². The Morgan fingerprint density at radius 2 is 1.62 bits per heavy atom. The third-order valence-corrected chi connectivity index (χ3v) is 5.52. The number of hydrogen-bond acceptors (Lipinski definition) is 3. The summed E-state index contributed by atoms with van der Waals surface area (Å²) in [6.07, 6.45) is 1.09. The molecule has 0 spiro atoms. The molecular weight excluding hydrogens is 418 g/mol. The van der Waals surface area contributed by atoms with E-state index in [0.29, 0.717) is 51.8 Å². The average Bonchev–Trinajstić information content (AvgIpc) is 2.61. The SMILES string of the molecule is O=C(NNc1c(Cl)cc(Cl)cc1Cl)C1(c2cccc(Cl)c2)CCOCC1. The molecule has 1 heterocycles. The maximum absolute atomic E-state index is 13.1. The van der Waals surface area contributed by atoms with Crippen LogP contribution in [0.15, 0.2) is 36.4 Å². The van der Waals surface area contributed by atoms with Crippen LogP contribution in [-0.2, 0) is 14.9 Å². The molecule has 0 saturated carbocycles. The number of hydrazine groups is 1. The Balaban J connectivity index is 1.85. The molecule has 8 heteroatoms.